The second kappa shape index (κ2) is 14.5. The number of alkyl carbamates (subject to hydrolysis) is 1. The maximum atomic E-state index is 14.5. The molecule has 5 atom stereocenters. The number of nitrogens with zero attached hydrogens (tertiary/aromatic N) is 3. The Hall–Kier alpha value is -5.19. The average molecular weight is 781 g/mol. The summed E-state index contributed by atoms with van der Waals surface area (Å²) in [6.07, 6.45) is -0.787. The Balaban J connectivity index is 1.27. The lowest BCUT2D eigenvalue weighted by Gasteiger charge is -2.35. The number of halogens is 2. The summed E-state index contributed by atoms with van der Waals surface area (Å²) in [6.45, 7) is 4.94. The first kappa shape index (κ1) is 38.1. The fraction of sp³-hybridized carbons (Fsp3) is 0.474. The molecule has 14 nitrogen and oxygen atoms in total. The molecule has 2 aromatic carbocycles. The standard InChI is InChI=1S/C38H42F2N6O8S/c1-37(2,3)30-34(48)46-20-23(18-28(46)32(47)44-38(19-25(38)31(39)40)35(49)45-55(51,52)24-14-15-24)54-33-29(41-26-12-4-5-13-27(26)42-33)22-11-8-10-21(17-22)9-6-7-16-53-36(50)43-30/h4-6,8-13,17,23-25,28,30-31H,7,14-16,18-20H2,1-3H3,(H,43,50)(H,44,47)(H,45,49)/t23-,25+,28+,30-,38-/m1/s1. The van der Waals surface area contributed by atoms with Crippen LogP contribution < -0.4 is 20.1 Å². The molecule has 2 aliphatic carbocycles. The van der Waals surface area contributed by atoms with Gasteiger partial charge in [0.15, 0.2) is 0 Å². The highest BCUT2D eigenvalue weighted by Gasteiger charge is 2.67. The number of hydrogen-bond donors (Lipinski definition) is 3. The molecular formula is C38H42F2N6O8S. The molecule has 17 heteroatoms. The quantitative estimate of drug-likeness (QED) is 0.331. The Morgan fingerprint density at radius 1 is 1.05 bits per heavy atom. The predicted octanol–water partition coefficient (Wildman–Crippen LogP) is 3.95. The number of aromatic nitrogens is 2. The summed E-state index contributed by atoms with van der Waals surface area (Å²) in [4.78, 5) is 66.0. The van der Waals surface area contributed by atoms with Gasteiger partial charge in [0.25, 0.3) is 5.91 Å². The first-order valence-corrected chi connectivity index (χ1v) is 19.7. The van der Waals surface area contributed by atoms with Crippen molar-refractivity contribution in [3.05, 3.63) is 60.2 Å². The number of carbonyl (C=O) groups is 4. The van der Waals surface area contributed by atoms with Crippen LogP contribution >= 0.6 is 0 Å². The van der Waals surface area contributed by atoms with E-state index in [1.54, 1.807) is 32.9 Å². The van der Waals surface area contributed by atoms with Crippen LogP contribution in [0.5, 0.6) is 5.88 Å². The van der Waals surface area contributed by atoms with Crippen molar-refractivity contribution in [1.29, 1.82) is 0 Å². The molecular weight excluding hydrogens is 739 g/mol. The molecule has 2 saturated carbocycles. The molecule has 2 aliphatic heterocycles. The summed E-state index contributed by atoms with van der Waals surface area (Å²) in [7, 11) is -4.14. The van der Waals surface area contributed by atoms with Crippen molar-refractivity contribution in [3.8, 4) is 17.1 Å². The fourth-order valence-corrected chi connectivity index (χ4v) is 8.39. The number of para-hydroxylation sites is 2. The molecule has 0 radical (unpaired) electrons. The van der Waals surface area contributed by atoms with Crippen LogP contribution in [-0.4, -0.2) is 95.7 Å². The molecule has 4 amide bonds. The molecule has 1 aromatic heterocycles. The van der Waals surface area contributed by atoms with Gasteiger partial charge in [-0.05, 0) is 54.9 Å². The van der Waals surface area contributed by atoms with Crippen molar-refractivity contribution < 1.29 is 45.9 Å². The highest BCUT2D eigenvalue weighted by atomic mass is 32.2. The molecule has 7 rings (SSSR count). The Morgan fingerprint density at radius 3 is 2.45 bits per heavy atom. The number of ether oxygens (including phenoxy) is 2. The van der Waals surface area contributed by atoms with Crippen molar-refractivity contribution in [2.45, 2.75) is 88.3 Å². The van der Waals surface area contributed by atoms with Crippen molar-refractivity contribution >= 4 is 50.9 Å². The summed E-state index contributed by atoms with van der Waals surface area (Å²) >= 11 is 0. The second-order valence-electron chi connectivity index (χ2n) is 15.5. The van der Waals surface area contributed by atoms with Crippen LogP contribution in [0.4, 0.5) is 13.6 Å². The average Bonchev–Trinajstić information content (AvgIpc) is 4.06. The zero-order valence-electron chi connectivity index (χ0n) is 30.5. The van der Waals surface area contributed by atoms with E-state index >= 15 is 0 Å². The zero-order chi connectivity index (χ0) is 39.3. The van der Waals surface area contributed by atoms with Crippen LogP contribution in [0, 0.1) is 11.3 Å². The van der Waals surface area contributed by atoms with Gasteiger partial charge in [0, 0.05) is 12.0 Å². The SMILES string of the molecule is CC(C)(C)[C@@H]1NC(=O)OCCC=Cc2cccc(c2)-c2nc3ccccc3nc2O[C@@H]2C[C@@H](C(=O)N[C@]3(C(=O)NS(=O)(=O)C4CC4)C[C@H]3C(F)F)N(C2)C1=O. The summed E-state index contributed by atoms with van der Waals surface area (Å²) in [6, 6.07) is 12.0. The van der Waals surface area contributed by atoms with Crippen LogP contribution in [-0.2, 0) is 29.1 Å². The third-order valence-electron chi connectivity index (χ3n) is 10.3. The van der Waals surface area contributed by atoms with Crippen molar-refractivity contribution in [1.82, 2.24) is 30.2 Å². The molecule has 292 valence electrons. The molecule has 3 fully saturated rings. The number of benzene rings is 2. The lowest BCUT2D eigenvalue weighted by atomic mass is 9.85. The molecule has 3 aromatic rings. The number of carbonyl (C=O) groups excluding carboxylic acids is 4. The van der Waals surface area contributed by atoms with E-state index < -0.39 is 87.0 Å². The van der Waals surface area contributed by atoms with Crippen LogP contribution in [0.15, 0.2) is 54.6 Å². The third-order valence-corrected chi connectivity index (χ3v) is 12.1. The van der Waals surface area contributed by atoms with E-state index in [0.717, 1.165) is 5.56 Å². The first-order valence-electron chi connectivity index (χ1n) is 18.2. The Bertz CT molecular complexity index is 2170. The normalized spacial score (nSPS) is 25.9. The molecule has 0 spiro atoms. The largest absolute Gasteiger partial charge is 0.471 e. The van der Waals surface area contributed by atoms with E-state index in [2.05, 4.69) is 10.6 Å². The minimum Gasteiger partial charge on any atom is -0.471 e. The Kier molecular flexibility index (Phi) is 10.0. The molecule has 0 unspecified atom stereocenters. The van der Waals surface area contributed by atoms with Gasteiger partial charge in [-0.3, -0.25) is 19.1 Å². The summed E-state index contributed by atoms with van der Waals surface area (Å²) in [5, 5.41) is 4.24. The van der Waals surface area contributed by atoms with E-state index in [9.17, 15) is 36.4 Å². The van der Waals surface area contributed by atoms with Gasteiger partial charge < -0.3 is 25.0 Å². The molecule has 3 N–H and O–H groups in total. The van der Waals surface area contributed by atoms with Crippen LogP contribution in [0.3, 0.4) is 0 Å². The van der Waals surface area contributed by atoms with E-state index in [1.807, 2.05) is 53.3 Å². The smallest absolute Gasteiger partial charge is 0.407 e. The maximum Gasteiger partial charge on any atom is 0.407 e. The number of alkyl halides is 2. The fourth-order valence-electron chi connectivity index (χ4n) is 7.03. The topological polar surface area (TPSA) is 186 Å². The minimum atomic E-state index is -4.14. The van der Waals surface area contributed by atoms with Gasteiger partial charge in [-0.25, -0.2) is 32.0 Å². The second-order valence-corrected chi connectivity index (χ2v) is 17.5. The Labute approximate surface area is 316 Å². The number of amides is 4. The number of hydrogen-bond acceptors (Lipinski definition) is 10. The van der Waals surface area contributed by atoms with Gasteiger partial charge in [-0.1, -0.05) is 63.3 Å². The van der Waals surface area contributed by atoms with E-state index in [0.29, 0.717) is 41.6 Å². The summed E-state index contributed by atoms with van der Waals surface area (Å²) < 4.78 is 67.4. The molecule has 1 saturated heterocycles. The third kappa shape index (κ3) is 7.97. The predicted molar refractivity (Wildman–Crippen MR) is 196 cm³/mol. The highest BCUT2D eigenvalue weighted by Crippen LogP contribution is 2.48. The van der Waals surface area contributed by atoms with Crippen molar-refractivity contribution in [2.24, 2.45) is 11.3 Å². The number of cyclic esters (lactones) is 1. The van der Waals surface area contributed by atoms with Gasteiger partial charge in [-0.15, -0.1) is 0 Å². The monoisotopic (exact) mass is 780 g/mol. The minimum absolute atomic E-state index is 0.00392. The summed E-state index contributed by atoms with van der Waals surface area (Å²) in [5.41, 5.74) is -0.122. The molecule has 4 aliphatic rings. The molecule has 4 bridgehead atoms. The van der Waals surface area contributed by atoms with Gasteiger partial charge in [0.1, 0.15) is 29.4 Å². The van der Waals surface area contributed by atoms with Crippen LogP contribution in [0.1, 0.15) is 58.4 Å². The molecule has 55 heavy (non-hydrogen) atoms. The lowest BCUT2D eigenvalue weighted by Crippen LogP contribution is -2.60. The highest BCUT2D eigenvalue weighted by molar-refractivity contribution is 7.91. The van der Waals surface area contributed by atoms with Gasteiger partial charge in [0.2, 0.25) is 34.1 Å². The summed E-state index contributed by atoms with van der Waals surface area (Å²) in [5.74, 6) is -4.46. The molecule has 3 heterocycles. The first-order chi connectivity index (χ1) is 26.1. The number of nitrogens with one attached hydrogen (secondary N) is 3. The van der Waals surface area contributed by atoms with Crippen LogP contribution in [0.2, 0.25) is 0 Å². The number of fused-ring (bicyclic) bond motifs is 7. The van der Waals surface area contributed by atoms with Gasteiger partial charge in [0.05, 0.1) is 35.4 Å². The van der Waals surface area contributed by atoms with Crippen LogP contribution in [0.25, 0.3) is 28.4 Å². The Morgan fingerprint density at radius 2 is 1.78 bits per heavy atom. The van der Waals surface area contributed by atoms with E-state index in [-0.39, 0.29) is 25.5 Å². The zero-order valence-corrected chi connectivity index (χ0v) is 31.3. The van der Waals surface area contributed by atoms with E-state index in [1.165, 1.54) is 4.90 Å². The van der Waals surface area contributed by atoms with E-state index in [4.69, 9.17) is 19.4 Å². The van der Waals surface area contributed by atoms with Gasteiger partial charge in [-0.2, -0.15) is 0 Å². The van der Waals surface area contributed by atoms with Crippen molar-refractivity contribution in [3.63, 3.8) is 0 Å². The maximum absolute atomic E-state index is 14.5. The number of rotatable bonds is 6. The van der Waals surface area contributed by atoms with Crippen molar-refractivity contribution in [2.75, 3.05) is 13.2 Å². The lowest BCUT2D eigenvalue weighted by molar-refractivity contribution is -0.143. The van der Waals surface area contributed by atoms with Gasteiger partial charge >= 0.3 is 6.09 Å². The number of sulfonamides is 1.